The fourth-order valence-electron chi connectivity index (χ4n) is 7.22. The lowest BCUT2D eigenvalue weighted by Gasteiger charge is -2.61. The summed E-state index contributed by atoms with van der Waals surface area (Å²) in [5, 5.41) is 10.2. The van der Waals surface area contributed by atoms with Gasteiger partial charge in [-0.2, -0.15) is 0 Å². The number of alkyl halides is 1. The van der Waals surface area contributed by atoms with Crippen LogP contribution in [0.4, 0.5) is 0 Å². The van der Waals surface area contributed by atoms with Gasteiger partial charge in [0.05, 0.1) is 6.10 Å². The first-order chi connectivity index (χ1) is 9.94. The Morgan fingerprint density at radius 1 is 0.905 bits per heavy atom. The minimum absolute atomic E-state index is 0.0165. The van der Waals surface area contributed by atoms with E-state index < -0.39 is 0 Å². The SMILES string of the molecule is C[C@@]12CCC[C@H]1[C@@H]1C[C@H](I)[C@H]3C[C@@H](O)CC[C@]3(C)[C@H]1CC2. The maximum Gasteiger partial charge on any atom is 0.0543 e. The van der Waals surface area contributed by atoms with Gasteiger partial charge in [0.2, 0.25) is 0 Å². The van der Waals surface area contributed by atoms with Gasteiger partial charge in [-0.15, -0.1) is 0 Å². The number of hydrogen-bond acceptors (Lipinski definition) is 1. The second kappa shape index (κ2) is 5.09. The second-order valence-electron chi connectivity index (χ2n) is 9.25. The normalized spacial score (nSPS) is 60.0. The minimum atomic E-state index is -0.0165. The first kappa shape index (κ1) is 15.2. The molecule has 0 aromatic heterocycles. The molecule has 0 amide bonds. The fourth-order valence-corrected chi connectivity index (χ4v) is 8.92. The Kier molecular flexibility index (Phi) is 3.69. The summed E-state index contributed by atoms with van der Waals surface area (Å²) in [5.41, 5.74) is 1.20. The predicted molar refractivity (Wildman–Crippen MR) is 95.5 cm³/mol. The molecule has 0 aromatic carbocycles. The average Bonchev–Trinajstić information content (AvgIpc) is 2.83. The summed E-state index contributed by atoms with van der Waals surface area (Å²) >= 11 is 2.75. The summed E-state index contributed by atoms with van der Waals surface area (Å²) in [6, 6.07) is 0. The molecule has 1 N–H and O–H groups in total. The van der Waals surface area contributed by atoms with Crippen LogP contribution in [0.15, 0.2) is 0 Å². The zero-order chi connectivity index (χ0) is 14.8. The van der Waals surface area contributed by atoms with E-state index in [0.717, 1.165) is 40.4 Å². The lowest BCUT2D eigenvalue weighted by Crippen LogP contribution is -2.56. The van der Waals surface area contributed by atoms with Crippen LogP contribution in [0.3, 0.4) is 0 Å². The van der Waals surface area contributed by atoms with E-state index in [2.05, 4.69) is 36.4 Å². The highest BCUT2D eigenvalue weighted by Gasteiger charge is 2.59. The van der Waals surface area contributed by atoms with Crippen LogP contribution in [-0.4, -0.2) is 15.1 Å². The minimum Gasteiger partial charge on any atom is -0.393 e. The summed E-state index contributed by atoms with van der Waals surface area (Å²) in [7, 11) is 0. The van der Waals surface area contributed by atoms with Gasteiger partial charge in [-0.25, -0.2) is 0 Å². The van der Waals surface area contributed by atoms with Crippen LogP contribution in [0.1, 0.15) is 71.6 Å². The smallest absolute Gasteiger partial charge is 0.0543 e. The lowest BCUT2D eigenvalue weighted by molar-refractivity contribution is -0.115. The number of halogens is 1. The van der Waals surface area contributed by atoms with E-state index in [-0.39, 0.29) is 6.10 Å². The van der Waals surface area contributed by atoms with Crippen molar-refractivity contribution < 1.29 is 5.11 Å². The quantitative estimate of drug-likeness (QED) is 0.437. The number of fused-ring (bicyclic) bond motifs is 5. The Bertz CT molecular complexity index is 424. The topological polar surface area (TPSA) is 20.2 Å². The Morgan fingerprint density at radius 3 is 2.52 bits per heavy atom. The third-order valence-corrected chi connectivity index (χ3v) is 9.77. The molecule has 21 heavy (non-hydrogen) atoms. The van der Waals surface area contributed by atoms with Crippen LogP contribution < -0.4 is 0 Å². The van der Waals surface area contributed by atoms with Crippen LogP contribution in [0.25, 0.3) is 0 Å². The van der Waals surface area contributed by atoms with Crippen LogP contribution in [-0.2, 0) is 0 Å². The van der Waals surface area contributed by atoms with Crippen molar-refractivity contribution in [3.05, 3.63) is 0 Å². The molecule has 0 saturated heterocycles. The maximum absolute atomic E-state index is 10.2. The van der Waals surface area contributed by atoms with Crippen molar-refractivity contribution in [2.45, 2.75) is 81.7 Å². The number of aliphatic hydroxyl groups excluding tert-OH is 1. The zero-order valence-corrected chi connectivity index (χ0v) is 15.8. The Labute approximate surface area is 143 Å². The molecular formula is C19H31IO. The molecule has 0 aliphatic heterocycles. The molecule has 4 fully saturated rings. The van der Waals surface area contributed by atoms with E-state index in [1.165, 1.54) is 44.9 Å². The van der Waals surface area contributed by atoms with E-state index in [0.29, 0.717) is 10.8 Å². The van der Waals surface area contributed by atoms with Gasteiger partial charge in [0.1, 0.15) is 0 Å². The molecule has 0 heterocycles. The first-order valence-electron chi connectivity index (χ1n) is 9.26. The molecule has 0 aromatic rings. The number of hydrogen-bond donors (Lipinski definition) is 1. The highest BCUT2D eigenvalue weighted by Crippen LogP contribution is 2.67. The van der Waals surface area contributed by atoms with Crippen molar-refractivity contribution >= 4 is 22.6 Å². The molecular weight excluding hydrogens is 371 g/mol. The molecule has 4 aliphatic carbocycles. The zero-order valence-electron chi connectivity index (χ0n) is 13.7. The van der Waals surface area contributed by atoms with Crippen molar-refractivity contribution in [3.63, 3.8) is 0 Å². The summed E-state index contributed by atoms with van der Waals surface area (Å²) in [4.78, 5) is 0. The fraction of sp³-hybridized carbons (Fsp3) is 1.00. The Balaban J connectivity index is 1.66. The van der Waals surface area contributed by atoms with Crippen molar-refractivity contribution in [1.82, 2.24) is 0 Å². The summed E-state index contributed by atoms with van der Waals surface area (Å²) in [5.74, 6) is 3.73. The van der Waals surface area contributed by atoms with Gasteiger partial charge in [0.25, 0.3) is 0 Å². The summed E-state index contributed by atoms with van der Waals surface area (Å²) < 4.78 is 0.798. The van der Waals surface area contributed by atoms with Gasteiger partial charge in [-0.05, 0) is 85.9 Å². The number of aliphatic hydroxyl groups is 1. The van der Waals surface area contributed by atoms with Crippen molar-refractivity contribution in [3.8, 4) is 0 Å². The molecule has 4 rings (SSSR count). The van der Waals surface area contributed by atoms with E-state index >= 15 is 0 Å². The van der Waals surface area contributed by atoms with E-state index in [9.17, 15) is 5.11 Å². The van der Waals surface area contributed by atoms with Crippen LogP contribution in [0.2, 0.25) is 0 Å². The lowest BCUT2D eigenvalue weighted by atomic mass is 9.45. The first-order valence-corrected chi connectivity index (χ1v) is 10.5. The standard InChI is InChI=1S/C19H31IO/c1-18-7-3-4-14(18)13-11-17(20)16-10-12(21)5-9-19(16,2)15(13)6-8-18/h12-17,21H,3-11H2,1-2H3/t12-,13-,14-,15-,16+,17-,18-,19+/m0/s1. The third-order valence-electron chi connectivity index (χ3n) is 8.39. The molecule has 4 saturated carbocycles. The monoisotopic (exact) mass is 402 g/mol. The Morgan fingerprint density at radius 2 is 1.71 bits per heavy atom. The molecule has 0 spiro atoms. The molecule has 8 atom stereocenters. The number of rotatable bonds is 0. The molecule has 120 valence electrons. The van der Waals surface area contributed by atoms with Gasteiger partial charge < -0.3 is 5.11 Å². The largest absolute Gasteiger partial charge is 0.393 e. The predicted octanol–water partition coefficient (Wildman–Crippen LogP) is 5.19. The van der Waals surface area contributed by atoms with Crippen molar-refractivity contribution in [1.29, 1.82) is 0 Å². The molecule has 0 unspecified atom stereocenters. The summed E-state index contributed by atoms with van der Waals surface area (Å²) in [6.07, 6.45) is 12.3. The maximum atomic E-state index is 10.2. The van der Waals surface area contributed by atoms with E-state index in [1.807, 2.05) is 0 Å². The van der Waals surface area contributed by atoms with E-state index in [4.69, 9.17) is 0 Å². The second-order valence-corrected chi connectivity index (χ2v) is 10.9. The van der Waals surface area contributed by atoms with Gasteiger partial charge in [-0.1, -0.05) is 42.9 Å². The highest BCUT2D eigenvalue weighted by molar-refractivity contribution is 14.1. The molecule has 0 radical (unpaired) electrons. The molecule has 2 heteroatoms. The van der Waals surface area contributed by atoms with Gasteiger partial charge in [-0.3, -0.25) is 0 Å². The highest BCUT2D eigenvalue weighted by atomic mass is 127. The molecule has 1 nitrogen and oxygen atoms in total. The van der Waals surface area contributed by atoms with Gasteiger partial charge >= 0.3 is 0 Å². The third kappa shape index (κ3) is 2.17. The van der Waals surface area contributed by atoms with Crippen molar-refractivity contribution in [2.75, 3.05) is 0 Å². The van der Waals surface area contributed by atoms with Gasteiger partial charge in [0, 0.05) is 3.92 Å². The van der Waals surface area contributed by atoms with Crippen LogP contribution in [0, 0.1) is 34.5 Å². The average molecular weight is 402 g/mol. The molecule has 0 bridgehead atoms. The van der Waals surface area contributed by atoms with Crippen LogP contribution in [0.5, 0.6) is 0 Å². The Hall–Kier alpha value is 0.690. The van der Waals surface area contributed by atoms with Crippen LogP contribution >= 0.6 is 22.6 Å². The van der Waals surface area contributed by atoms with E-state index in [1.54, 1.807) is 0 Å². The molecule has 4 aliphatic rings. The summed E-state index contributed by atoms with van der Waals surface area (Å²) in [6.45, 7) is 5.20. The van der Waals surface area contributed by atoms with Gasteiger partial charge in [0.15, 0.2) is 0 Å². The van der Waals surface area contributed by atoms with Crippen molar-refractivity contribution in [2.24, 2.45) is 34.5 Å².